The fraction of sp³-hybridized carbons (Fsp3) is 0.125. The summed E-state index contributed by atoms with van der Waals surface area (Å²) >= 11 is 13.2. The number of anilines is 1. The second kappa shape index (κ2) is 6.74. The molecule has 3 aromatic rings. The summed E-state index contributed by atoms with van der Waals surface area (Å²) in [7, 11) is 0. The molecule has 0 saturated heterocycles. The molecule has 0 fully saturated rings. The van der Waals surface area contributed by atoms with Crippen molar-refractivity contribution in [3.8, 4) is 5.75 Å². The van der Waals surface area contributed by atoms with E-state index in [0.29, 0.717) is 27.3 Å². The lowest BCUT2D eigenvalue weighted by atomic mass is 10.2. The average molecular weight is 367 g/mol. The zero-order valence-electron chi connectivity index (χ0n) is 12.1. The van der Waals surface area contributed by atoms with Gasteiger partial charge in [0.15, 0.2) is 5.13 Å². The van der Waals surface area contributed by atoms with Crippen molar-refractivity contribution in [1.29, 1.82) is 0 Å². The lowest BCUT2D eigenvalue weighted by Crippen LogP contribution is -2.11. The molecule has 0 radical (unpaired) electrons. The standard InChI is InChI=1S/C16H12Cl2N2O2S/c1-2-22-12-3-4-13-14(8-12)23-16(19-13)20-15(21)9-5-10(17)7-11(18)6-9/h3-8H,2H2,1H3,(H,19,20,21). The van der Waals surface area contributed by atoms with Gasteiger partial charge in [-0.15, -0.1) is 0 Å². The molecule has 0 unspecified atom stereocenters. The maximum atomic E-state index is 12.3. The fourth-order valence-electron chi connectivity index (χ4n) is 2.07. The van der Waals surface area contributed by atoms with Crippen LogP contribution in [0.3, 0.4) is 0 Å². The quantitative estimate of drug-likeness (QED) is 0.685. The molecule has 7 heteroatoms. The SMILES string of the molecule is CCOc1ccc2nc(NC(=O)c3cc(Cl)cc(Cl)c3)sc2c1. The minimum absolute atomic E-state index is 0.307. The summed E-state index contributed by atoms with van der Waals surface area (Å²) in [5.74, 6) is 0.474. The van der Waals surface area contributed by atoms with E-state index in [0.717, 1.165) is 16.0 Å². The molecular weight excluding hydrogens is 355 g/mol. The lowest BCUT2D eigenvalue weighted by molar-refractivity contribution is 0.102. The van der Waals surface area contributed by atoms with E-state index < -0.39 is 0 Å². The Morgan fingerprint density at radius 2 is 1.96 bits per heavy atom. The Morgan fingerprint density at radius 3 is 2.65 bits per heavy atom. The van der Waals surface area contributed by atoms with Crippen LogP contribution in [0.4, 0.5) is 5.13 Å². The molecule has 118 valence electrons. The highest BCUT2D eigenvalue weighted by atomic mass is 35.5. The van der Waals surface area contributed by atoms with Crippen molar-refractivity contribution in [2.24, 2.45) is 0 Å². The van der Waals surface area contributed by atoms with Gasteiger partial charge in [0.25, 0.3) is 5.91 Å². The number of carbonyl (C=O) groups excluding carboxylic acids is 1. The zero-order valence-corrected chi connectivity index (χ0v) is 14.4. The van der Waals surface area contributed by atoms with Gasteiger partial charge in [-0.2, -0.15) is 0 Å². The molecule has 0 saturated carbocycles. The molecule has 0 atom stereocenters. The van der Waals surface area contributed by atoms with Gasteiger partial charge < -0.3 is 4.74 Å². The Bertz CT molecular complexity index is 859. The van der Waals surface area contributed by atoms with Crippen molar-refractivity contribution in [2.75, 3.05) is 11.9 Å². The number of fused-ring (bicyclic) bond motifs is 1. The number of carbonyl (C=O) groups is 1. The molecule has 4 nitrogen and oxygen atoms in total. The van der Waals surface area contributed by atoms with E-state index in [-0.39, 0.29) is 5.91 Å². The summed E-state index contributed by atoms with van der Waals surface area (Å²) in [6.45, 7) is 2.53. The molecule has 1 heterocycles. The van der Waals surface area contributed by atoms with E-state index in [1.807, 2.05) is 25.1 Å². The van der Waals surface area contributed by atoms with Crippen LogP contribution in [-0.2, 0) is 0 Å². The Hall–Kier alpha value is -1.82. The summed E-state index contributed by atoms with van der Waals surface area (Å²) in [5.41, 5.74) is 1.19. The van der Waals surface area contributed by atoms with Crippen molar-refractivity contribution in [2.45, 2.75) is 6.92 Å². The fourth-order valence-corrected chi connectivity index (χ4v) is 3.48. The van der Waals surface area contributed by atoms with Gasteiger partial charge in [-0.25, -0.2) is 4.98 Å². The van der Waals surface area contributed by atoms with E-state index in [1.165, 1.54) is 11.3 Å². The molecule has 0 aliphatic carbocycles. The number of hydrogen-bond donors (Lipinski definition) is 1. The summed E-state index contributed by atoms with van der Waals surface area (Å²) in [6.07, 6.45) is 0. The first-order valence-electron chi connectivity index (χ1n) is 6.86. The lowest BCUT2D eigenvalue weighted by Gasteiger charge is -2.02. The van der Waals surface area contributed by atoms with Crippen LogP contribution in [0.15, 0.2) is 36.4 Å². The Balaban J connectivity index is 1.84. The molecule has 0 spiro atoms. The number of ether oxygens (including phenoxy) is 1. The van der Waals surface area contributed by atoms with Crippen molar-refractivity contribution in [3.05, 3.63) is 52.0 Å². The molecule has 0 aliphatic rings. The number of rotatable bonds is 4. The molecule has 0 bridgehead atoms. The topological polar surface area (TPSA) is 51.2 Å². The number of nitrogens with zero attached hydrogens (tertiary/aromatic N) is 1. The highest BCUT2D eigenvalue weighted by molar-refractivity contribution is 7.22. The van der Waals surface area contributed by atoms with E-state index in [4.69, 9.17) is 27.9 Å². The number of hydrogen-bond acceptors (Lipinski definition) is 4. The van der Waals surface area contributed by atoms with Crippen LogP contribution < -0.4 is 10.1 Å². The van der Waals surface area contributed by atoms with Crippen molar-refractivity contribution in [3.63, 3.8) is 0 Å². The minimum atomic E-state index is -0.307. The van der Waals surface area contributed by atoms with Gasteiger partial charge >= 0.3 is 0 Å². The van der Waals surface area contributed by atoms with Gasteiger partial charge in [-0.3, -0.25) is 10.1 Å². The van der Waals surface area contributed by atoms with E-state index in [9.17, 15) is 4.79 Å². The predicted octanol–water partition coefficient (Wildman–Crippen LogP) is 5.25. The van der Waals surface area contributed by atoms with Gasteiger partial charge in [0.05, 0.1) is 16.8 Å². The summed E-state index contributed by atoms with van der Waals surface area (Å²) in [5, 5.41) is 4.09. The van der Waals surface area contributed by atoms with Gasteiger partial charge in [0, 0.05) is 15.6 Å². The smallest absolute Gasteiger partial charge is 0.257 e. The molecule has 2 aromatic carbocycles. The average Bonchev–Trinajstić information content (AvgIpc) is 2.88. The Kier molecular flexibility index (Phi) is 4.71. The second-order valence-electron chi connectivity index (χ2n) is 4.69. The van der Waals surface area contributed by atoms with Crippen LogP contribution in [0.2, 0.25) is 10.0 Å². The molecule has 1 aromatic heterocycles. The van der Waals surface area contributed by atoms with Gasteiger partial charge in [-0.1, -0.05) is 34.5 Å². The number of nitrogens with one attached hydrogen (secondary N) is 1. The highest BCUT2D eigenvalue weighted by Gasteiger charge is 2.12. The van der Waals surface area contributed by atoms with Gasteiger partial charge in [0.1, 0.15) is 5.75 Å². The molecule has 1 N–H and O–H groups in total. The molecule has 0 aliphatic heterocycles. The first-order chi connectivity index (χ1) is 11.0. The highest BCUT2D eigenvalue weighted by Crippen LogP contribution is 2.30. The third kappa shape index (κ3) is 3.75. The Labute approximate surface area is 147 Å². The van der Waals surface area contributed by atoms with Gasteiger partial charge in [-0.05, 0) is 43.3 Å². The first-order valence-corrected chi connectivity index (χ1v) is 8.43. The van der Waals surface area contributed by atoms with Crippen LogP contribution >= 0.6 is 34.5 Å². The monoisotopic (exact) mass is 366 g/mol. The molecule has 23 heavy (non-hydrogen) atoms. The number of thiazole rings is 1. The van der Waals surface area contributed by atoms with Crippen molar-refractivity contribution < 1.29 is 9.53 Å². The second-order valence-corrected chi connectivity index (χ2v) is 6.60. The molecular formula is C16H12Cl2N2O2S. The Morgan fingerprint density at radius 1 is 1.22 bits per heavy atom. The molecule has 1 amide bonds. The van der Waals surface area contributed by atoms with Crippen LogP contribution in [0.1, 0.15) is 17.3 Å². The van der Waals surface area contributed by atoms with E-state index >= 15 is 0 Å². The summed E-state index contributed by atoms with van der Waals surface area (Å²) in [4.78, 5) is 16.7. The number of amides is 1. The number of halogens is 2. The van der Waals surface area contributed by atoms with Crippen LogP contribution in [0.25, 0.3) is 10.2 Å². The maximum absolute atomic E-state index is 12.3. The third-order valence-corrected chi connectivity index (χ3v) is 4.39. The first kappa shape index (κ1) is 16.1. The number of benzene rings is 2. The van der Waals surface area contributed by atoms with Crippen LogP contribution in [-0.4, -0.2) is 17.5 Å². The minimum Gasteiger partial charge on any atom is -0.494 e. The number of aromatic nitrogens is 1. The summed E-state index contributed by atoms with van der Waals surface area (Å²) in [6, 6.07) is 10.3. The van der Waals surface area contributed by atoms with Crippen molar-refractivity contribution >= 4 is 55.8 Å². The van der Waals surface area contributed by atoms with Crippen LogP contribution in [0.5, 0.6) is 5.75 Å². The van der Waals surface area contributed by atoms with Gasteiger partial charge in [0.2, 0.25) is 0 Å². The normalized spacial score (nSPS) is 10.7. The zero-order chi connectivity index (χ0) is 16.4. The van der Waals surface area contributed by atoms with E-state index in [1.54, 1.807) is 18.2 Å². The van der Waals surface area contributed by atoms with Crippen LogP contribution in [0, 0.1) is 0 Å². The van der Waals surface area contributed by atoms with E-state index in [2.05, 4.69) is 10.3 Å². The third-order valence-electron chi connectivity index (χ3n) is 3.02. The predicted molar refractivity (Wildman–Crippen MR) is 95.2 cm³/mol. The maximum Gasteiger partial charge on any atom is 0.257 e. The largest absolute Gasteiger partial charge is 0.494 e. The van der Waals surface area contributed by atoms with Crippen molar-refractivity contribution in [1.82, 2.24) is 4.98 Å². The summed E-state index contributed by atoms with van der Waals surface area (Å²) < 4.78 is 6.40. The molecule has 3 rings (SSSR count).